The van der Waals surface area contributed by atoms with E-state index in [0.29, 0.717) is 37.8 Å². The van der Waals surface area contributed by atoms with E-state index in [0.717, 1.165) is 30.3 Å². The molecule has 6 aromatic carbocycles. The van der Waals surface area contributed by atoms with Gasteiger partial charge < -0.3 is 60.2 Å². The summed E-state index contributed by atoms with van der Waals surface area (Å²) in [5.74, 6) is -16.9. The molecular weight excluding hydrogens is 1290 g/mol. The normalized spacial score (nSPS) is 11.9. The smallest absolute Gasteiger partial charge is 0.354 e. The van der Waals surface area contributed by atoms with Crippen LogP contribution in [0.25, 0.3) is 33.8 Å². The number of carboxylic acids is 1. The molecule has 0 saturated carbocycles. The zero-order chi connectivity index (χ0) is 63.7. The van der Waals surface area contributed by atoms with Crippen LogP contribution in [0.15, 0.2) is 122 Å². The lowest BCUT2D eigenvalue weighted by Crippen LogP contribution is -2.30. The third-order valence-corrected chi connectivity index (χ3v) is 12.9. The molecule has 0 aliphatic carbocycles. The average Bonchev–Trinajstić information content (AvgIpc) is 2.79. The summed E-state index contributed by atoms with van der Waals surface area (Å²) in [7, 11) is 1.30. The summed E-state index contributed by atoms with van der Waals surface area (Å²) in [6.07, 6.45) is -4.83. The molecule has 9 aromatic rings. The van der Waals surface area contributed by atoms with Gasteiger partial charge in [-0.3, -0.25) is 19.2 Å². The van der Waals surface area contributed by atoms with E-state index < -0.39 is 129 Å². The number of amides is 4. The minimum absolute atomic E-state index is 0.0863. The third kappa shape index (κ3) is 15.3. The van der Waals surface area contributed by atoms with Gasteiger partial charge in [0.2, 0.25) is 33.3 Å². The van der Waals surface area contributed by atoms with Crippen molar-refractivity contribution in [1.82, 2.24) is 20.3 Å². The lowest BCUT2D eigenvalue weighted by atomic mass is 10.1. The fourth-order valence-electron chi connectivity index (χ4n) is 7.35. The number of aliphatic hydroxyl groups is 1. The van der Waals surface area contributed by atoms with E-state index in [2.05, 4.69) is 20.3 Å². The largest absolute Gasteiger partial charge is 0.478 e. The molecule has 0 aliphatic heterocycles. The molecule has 4 amide bonds. The Kier molecular flexibility index (Phi) is 21.4. The molecule has 0 saturated heterocycles. The van der Waals surface area contributed by atoms with Crippen molar-refractivity contribution < 1.29 is 88.0 Å². The fourth-order valence-corrected chi connectivity index (χ4v) is 8.42. The van der Waals surface area contributed by atoms with Crippen molar-refractivity contribution in [1.29, 1.82) is 0 Å². The van der Waals surface area contributed by atoms with Gasteiger partial charge in [-0.2, -0.15) is 0 Å². The third-order valence-electron chi connectivity index (χ3n) is 11.4. The summed E-state index contributed by atoms with van der Waals surface area (Å²) in [6, 6.07) is 24.3. The van der Waals surface area contributed by atoms with Gasteiger partial charge in [-0.1, -0.05) is 71.2 Å². The highest BCUT2D eigenvalue weighted by Crippen LogP contribution is 2.38. The van der Waals surface area contributed by atoms with Crippen molar-refractivity contribution in [3.63, 3.8) is 0 Å². The molecular formula is C55H35Cl6F6N7O13. The van der Waals surface area contributed by atoms with Gasteiger partial charge in [0.1, 0.15) is 51.2 Å². The molecule has 3 atom stereocenters. The predicted molar refractivity (Wildman–Crippen MR) is 299 cm³/mol. The first-order chi connectivity index (χ1) is 41.2. The number of aliphatic carboxylic acids is 1. The molecule has 452 valence electrons. The van der Waals surface area contributed by atoms with Gasteiger partial charge in [-0.25, -0.2) is 46.1 Å². The molecule has 20 nitrogen and oxygen atoms in total. The Hall–Kier alpha value is -9.02. The summed E-state index contributed by atoms with van der Waals surface area (Å²) < 4.78 is 116. The number of hydrogen-bond donors (Lipinski definition) is 6. The summed E-state index contributed by atoms with van der Waals surface area (Å²) in [5, 5.41) is 22.3. The number of likely N-dealkylation sites (N-methyl/N-ethyl adjacent to an activating group) is 1. The van der Waals surface area contributed by atoms with Crippen molar-refractivity contribution in [3.8, 4) is 51.0 Å². The number of hydrogen-bond acceptors (Lipinski definition) is 15. The van der Waals surface area contributed by atoms with Gasteiger partial charge in [0.25, 0.3) is 35.8 Å². The molecule has 0 spiro atoms. The minimum atomic E-state index is -1.95. The Labute approximate surface area is 514 Å². The van der Waals surface area contributed by atoms with E-state index in [1.165, 1.54) is 7.05 Å². The van der Waals surface area contributed by atoms with Crippen LogP contribution in [-0.4, -0.2) is 68.4 Å². The first-order valence-corrected chi connectivity index (χ1v) is 26.1. The predicted octanol–water partition coefficient (Wildman–Crippen LogP) is 12.3. The highest BCUT2D eigenvalue weighted by Gasteiger charge is 2.34. The van der Waals surface area contributed by atoms with Crippen LogP contribution in [0, 0.1) is 34.9 Å². The number of benzene rings is 6. The Bertz CT molecular complexity index is 4070. The summed E-state index contributed by atoms with van der Waals surface area (Å²) >= 11 is 35.7. The molecule has 9 N–H and O–H groups in total. The lowest BCUT2D eigenvalue weighted by Gasteiger charge is -2.16. The van der Waals surface area contributed by atoms with E-state index in [1.807, 2.05) is 0 Å². The molecule has 87 heavy (non-hydrogen) atoms. The second-order valence-electron chi connectivity index (χ2n) is 17.1. The topological polar surface area (TPSA) is 322 Å². The van der Waals surface area contributed by atoms with Crippen LogP contribution in [-0.2, 0) is 9.59 Å². The summed E-state index contributed by atoms with van der Waals surface area (Å²) in [6.45, 7) is -0.667. The molecule has 0 aliphatic rings. The number of carboxylic acid groups (broad SMARTS) is 1. The Morgan fingerprint density at radius 1 is 0.483 bits per heavy atom. The molecule has 3 unspecified atom stereocenters. The Balaban J connectivity index is 0.000000187. The van der Waals surface area contributed by atoms with Gasteiger partial charge in [0, 0.05) is 38.8 Å². The van der Waals surface area contributed by atoms with Gasteiger partial charge in [0.15, 0.2) is 40.8 Å². The van der Waals surface area contributed by atoms with E-state index >= 15 is 0 Å². The van der Waals surface area contributed by atoms with Crippen molar-refractivity contribution >= 4 is 99.2 Å². The van der Waals surface area contributed by atoms with E-state index in [9.17, 15) is 60.5 Å². The van der Waals surface area contributed by atoms with Gasteiger partial charge >= 0.3 is 5.97 Å². The van der Waals surface area contributed by atoms with Crippen LogP contribution in [0.5, 0.6) is 17.2 Å². The standard InChI is InChI=1S/C19H13Cl2F2N3O4.C18H10Cl2F2N2O5.C18H12Cl2F2N2O4/c1-25-18(28)15(29-11-7-6-10(22)12(13(11)23)17(24)27)19-26-14(16(21)30-19)8-2-4-9(20)5-3-8;19-8-3-1-7(2-4-8)13-15(20)29-17(24-13)14(18(26)27)28-10-6-5-9(21)11(12(10)22)16(23)25;19-9-3-1-8(2-4-9)15-16(20)28-18(24-15)12(7-25)27-11-6-5-10(21)13(14(11)22)17(23)26/h2-7,15H,1H3,(H2,24,27)(H,25,28);1-6,14H,(H2,23,25)(H,26,27);1-6,12,25H,7H2,(H2,23,26). The van der Waals surface area contributed by atoms with Crippen LogP contribution >= 0.6 is 69.6 Å². The maximum atomic E-state index is 14.5. The van der Waals surface area contributed by atoms with E-state index in [-0.39, 0.29) is 44.5 Å². The number of nitrogens with zero attached hydrogens (tertiary/aromatic N) is 3. The SMILES string of the molecule is CNC(=O)C(Oc1ccc(F)c(C(N)=O)c1F)c1nc(-c2ccc(Cl)cc2)c(Cl)o1.NC(=O)c1c(F)ccc(OC(C(=O)O)c2nc(-c3ccc(Cl)cc3)c(Cl)o2)c1F.NC(=O)c1c(F)ccc(OC(CO)c2nc(-c3ccc(Cl)cc3)c(Cl)o2)c1F. The van der Waals surface area contributed by atoms with Crippen LogP contribution < -0.4 is 36.7 Å². The molecule has 3 heterocycles. The van der Waals surface area contributed by atoms with Crippen LogP contribution in [0.2, 0.25) is 30.7 Å². The minimum Gasteiger partial charge on any atom is -0.478 e. The van der Waals surface area contributed by atoms with Crippen molar-refractivity contribution in [2.24, 2.45) is 17.2 Å². The number of nitrogens with two attached hydrogens (primary N) is 3. The number of nitrogens with one attached hydrogen (secondary N) is 1. The molecule has 32 heteroatoms. The van der Waals surface area contributed by atoms with Gasteiger partial charge in [-0.05, 0) is 108 Å². The van der Waals surface area contributed by atoms with Crippen molar-refractivity contribution in [3.05, 3.63) is 209 Å². The number of carbonyl (C=O) groups is 5. The Morgan fingerprint density at radius 2 is 0.782 bits per heavy atom. The first-order valence-electron chi connectivity index (χ1n) is 23.9. The summed E-state index contributed by atoms with van der Waals surface area (Å²) in [4.78, 5) is 70.1. The maximum absolute atomic E-state index is 14.5. The number of carbonyl (C=O) groups excluding carboxylic acids is 4. The highest BCUT2D eigenvalue weighted by molar-refractivity contribution is 6.33. The van der Waals surface area contributed by atoms with E-state index in [1.54, 1.807) is 72.8 Å². The van der Waals surface area contributed by atoms with Crippen molar-refractivity contribution in [2.45, 2.75) is 18.3 Å². The highest BCUT2D eigenvalue weighted by atomic mass is 35.5. The number of primary amides is 3. The van der Waals surface area contributed by atoms with Crippen LogP contribution in [0.3, 0.4) is 0 Å². The second-order valence-corrected chi connectivity index (χ2v) is 19.4. The molecule has 0 radical (unpaired) electrons. The lowest BCUT2D eigenvalue weighted by molar-refractivity contribution is -0.146. The Morgan fingerprint density at radius 3 is 1.09 bits per heavy atom. The second kappa shape index (κ2) is 28.5. The fraction of sp³-hybridized carbons (Fsp3) is 0.0909. The maximum Gasteiger partial charge on any atom is 0.354 e. The van der Waals surface area contributed by atoms with Crippen LogP contribution in [0.1, 0.15) is 67.1 Å². The van der Waals surface area contributed by atoms with E-state index in [4.69, 9.17) is 114 Å². The number of aromatic nitrogens is 3. The molecule has 0 bridgehead atoms. The average molecular weight is 1330 g/mol. The van der Waals surface area contributed by atoms with Crippen LogP contribution in [0.4, 0.5) is 26.3 Å². The number of aliphatic hydroxyl groups excluding tert-OH is 1. The number of halogens is 12. The number of ether oxygens (including phenoxy) is 3. The monoisotopic (exact) mass is 1330 g/mol. The molecule has 0 fully saturated rings. The van der Waals surface area contributed by atoms with Gasteiger partial charge in [0.05, 0.1) is 6.61 Å². The first kappa shape index (κ1) is 65.5. The number of oxazole rings is 3. The van der Waals surface area contributed by atoms with Gasteiger partial charge in [-0.15, -0.1) is 0 Å². The van der Waals surface area contributed by atoms with Crippen molar-refractivity contribution in [2.75, 3.05) is 13.7 Å². The zero-order valence-electron chi connectivity index (χ0n) is 43.3. The quantitative estimate of drug-likeness (QED) is 0.0435. The zero-order valence-corrected chi connectivity index (χ0v) is 47.9. The number of rotatable bonds is 18. The molecule has 9 rings (SSSR count). The summed E-state index contributed by atoms with van der Waals surface area (Å²) in [5.41, 5.74) is 14.0. The molecule has 3 aromatic heterocycles.